The molecule has 3 atom stereocenters. The van der Waals surface area contributed by atoms with Crippen molar-refractivity contribution in [3.63, 3.8) is 0 Å². The Morgan fingerprint density at radius 2 is 2.00 bits per heavy atom. The molecule has 15 heavy (non-hydrogen) atoms. The molecule has 2 rings (SSSR count). The van der Waals surface area contributed by atoms with Crippen molar-refractivity contribution in [1.82, 2.24) is 10.2 Å². The van der Waals surface area contributed by atoms with Crippen LogP contribution in [-0.2, 0) is 0 Å². The normalized spacial score (nSPS) is 33.2. The predicted molar refractivity (Wildman–Crippen MR) is 61.8 cm³/mol. The summed E-state index contributed by atoms with van der Waals surface area (Å²) in [6, 6.07) is 0.272. The molecule has 3 unspecified atom stereocenters. The number of nitrogens with one attached hydrogen (secondary N) is 1. The van der Waals surface area contributed by atoms with Crippen LogP contribution in [0.3, 0.4) is 0 Å². The molecule has 0 bridgehead atoms. The maximum atomic E-state index is 9.23. The lowest BCUT2D eigenvalue weighted by Crippen LogP contribution is -2.42. The van der Waals surface area contributed by atoms with Gasteiger partial charge in [-0.3, -0.25) is 0 Å². The highest BCUT2D eigenvalue weighted by atomic mass is 16.3. The van der Waals surface area contributed by atoms with Gasteiger partial charge in [-0.15, -0.1) is 0 Å². The Kier molecular flexibility index (Phi) is 4.00. The van der Waals surface area contributed by atoms with Crippen LogP contribution in [0.25, 0.3) is 0 Å². The molecule has 0 radical (unpaired) electrons. The molecule has 0 aromatic heterocycles. The van der Waals surface area contributed by atoms with E-state index in [4.69, 9.17) is 0 Å². The third-order valence-electron chi connectivity index (χ3n) is 3.99. The number of likely N-dealkylation sites (tertiary alicyclic amines) is 1. The minimum atomic E-state index is 0.264. The summed E-state index contributed by atoms with van der Waals surface area (Å²) in [5, 5.41) is 12.6. The van der Waals surface area contributed by atoms with Crippen molar-refractivity contribution in [1.29, 1.82) is 0 Å². The standard InChI is InChI=1S/C12H24N2O/c1-2-13-12(9-15)8-14-6-10-4-3-5-11(10)7-14/h10-13,15H,2-9H2,1H3. The van der Waals surface area contributed by atoms with Crippen molar-refractivity contribution in [3.8, 4) is 0 Å². The van der Waals surface area contributed by atoms with Crippen LogP contribution < -0.4 is 5.32 Å². The maximum Gasteiger partial charge on any atom is 0.0597 e. The predicted octanol–water partition coefficient (Wildman–Crippen LogP) is 0.689. The number of rotatable bonds is 5. The average molecular weight is 212 g/mol. The first-order chi connectivity index (χ1) is 7.33. The van der Waals surface area contributed by atoms with Crippen LogP contribution in [0.1, 0.15) is 26.2 Å². The Balaban J connectivity index is 1.76. The van der Waals surface area contributed by atoms with Crippen LogP contribution in [0.5, 0.6) is 0 Å². The first-order valence-corrected chi connectivity index (χ1v) is 6.40. The van der Waals surface area contributed by atoms with Gasteiger partial charge in [0.2, 0.25) is 0 Å². The highest BCUT2D eigenvalue weighted by molar-refractivity contribution is 4.89. The SMILES string of the molecule is CCNC(CO)CN1CC2CCCC2C1. The summed E-state index contributed by atoms with van der Waals surface area (Å²) in [5.74, 6) is 1.93. The zero-order valence-corrected chi connectivity index (χ0v) is 9.78. The van der Waals surface area contributed by atoms with E-state index in [9.17, 15) is 5.11 Å². The van der Waals surface area contributed by atoms with Crippen molar-refractivity contribution in [3.05, 3.63) is 0 Å². The van der Waals surface area contributed by atoms with Gasteiger partial charge in [-0.2, -0.15) is 0 Å². The quantitative estimate of drug-likeness (QED) is 0.704. The third kappa shape index (κ3) is 2.71. The summed E-state index contributed by atoms with van der Waals surface area (Å²) in [7, 11) is 0. The zero-order valence-electron chi connectivity index (χ0n) is 9.78. The molecule has 1 saturated carbocycles. The fourth-order valence-corrected chi connectivity index (χ4v) is 3.27. The largest absolute Gasteiger partial charge is 0.395 e. The lowest BCUT2D eigenvalue weighted by molar-refractivity contribution is 0.194. The number of aliphatic hydroxyl groups excluding tert-OH is 1. The van der Waals surface area contributed by atoms with Gasteiger partial charge in [-0.1, -0.05) is 13.3 Å². The zero-order chi connectivity index (χ0) is 10.7. The minimum absolute atomic E-state index is 0.264. The Bertz CT molecular complexity index is 186. The highest BCUT2D eigenvalue weighted by Gasteiger charge is 2.36. The molecule has 0 aromatic carbocycles. The summed E-state index contributed by atoms with van der Waals surface area (Å²) >= 11 is 0. The summed E-state index contributed by atoms with van der Waals surface area (Å²) in [5.41, 5.74) is 0. The van der Waals surface area contributed by atoms with Crippen LogP contribution in [0.4, 0.5) is 0 Å². The fraction of sp³-hybridized carbons (Fsp3) is 1.00. The van der Waals surface area contributed by atoms with Crippen molar-refractivity contribution in [2.75, 3.05) is 32.8 Å². The first kappa shape index (κ1) is 11.4. The minimum Gasteiger partial charge on any atom is -0.395 e. The van der Waals surface area contributed by atoms with Crippen LogP contribution in [0.15, 0.2) is 0 Å². The Labute approximate surface area is 92.8 Å². The molecule has 0 aromatic rings. The molecule has 1 aliphatic heterocycles. The molecule has 0 spiro atoms. The Morgan fingerprint density at radius 1 is 1.33 bits per heavy atom. The van der Waals surface area contributed by atoms with Gasteiger partial charge in [0.25, 0.3) is 0 Å². The molecule has 1 saturated heterocycles. The van der Waals surface area contributed by atoms with Gasteiger partial charge in [0.15, 0.2) is 0 Å². The van der Waals surface area contributed by atoms with E-state index in [1.165, 1.54) is 32.4 Å². The number of nitrogens with zero attached hydrogens (tertiary/aromatic N) is 1. The van der Waals surface area contributed by atoms with E-state index < -0.39 is 0 Å². The molecule has 1 heterocycles. The summed E-state index contributed by atoms with van der Waals surface area (Å²) < 4.78 is 0. The van der Waals surface area contributed by atoms with E-state index in [-0.39, 0.29) is 12.6 Å². The molecule has 3 nitrogen and oxygen atoms in total. The van der Waals surface area contributed by atoms with Gasteiger partial charge < -0.3 is 15.3 Å². The van der Waals surface area contributed by atoms with E-state index in [1.54, 1.807) is 0 Å². The van der Waals surface area contributed by atoms with Gasteiger partial charge in [0.05, 0.1) is 6.61 Å². The van der Waals surface area contributed by atoms with Crippen LogP contribution >= 0.6 is 0 Å². The maximum absolute atomic E-state index is 9.23. The van der Waals surface area contributed by atoms with Crippen molar-refractivity contribution in [2.45, 2.75) is 32.2 Å². The van der Waals surface area contributed by atoms with Gasteiger partial charge in [0, 0.05) is 25.7 Å². The second-order valence-electron chi connectivity index (χ2n) is 5.11. The highest BCUT2D eigenvalue weighted by Crippen LogP contribution is 2.37. The van der Waals surface area contributed by atoms with Gasteiger partial charge in [0.1, 0.15) is 0 Å². The molecule has 1 aliphatic carbocycles. The second-order valence-corrected chi connectivity index (χ2v) is 5.11. The molecular weight excluding hydrogens is 188 g/mol. The van der Waals surface area contributed by atoms with Crippen molar-refractivity contribution < 1.29 is 5.11 Å². The smallest absolute Gasteiger partial charge is 0.0597 e. The van der Waals surface area contributed by atoms with Crippen molar-refractivity contribution >= 4 is 0 Å². The fourth-order valence-electron chi connectivity index (χ4n) is 3.27. The second kappa shape index (κ2) is 5.28. The Hall–Kier alpha value is -0.120. The topological polar surface area (TPSA) is 35.5 Å². The van der Waals surface area contributed by atoms with Gasteiger partial charge in [-0.25, -0.2) is 0 Å². The molecule has 2 fully saturated rings. The molecule has 3 heteroatoms. The van der Waals surface area contributed by atoms with E-state index >= 15 is 0 Å². The lowest BCUT2D eigenvalue weighted by atomic mass is 10.0. The van der Waals surface area contributed by atoms with Crippen LogP contribution in [-0.4, -0.2) is 48.8 Å². The molecule has 2 aliphatic rings. The number of aliphatic hydroxyl groups is 1. The summed E-state index contributed by atoms with van der Waals surface area (Å²) in [6.45, 7) is 6.88. The van der Waals surface area contributed by atoms with Crippen LogP contribution in [0, 0.1) is 11.8 Å². The Morgan fingerprint density at radius 3 is 2.53 bits per heavy atom. The van der Waals surface area contributed by atoms with Crippen molar-refractivity contribution in [2.24, 2.45) is 11.8 Å². The van der Waals surface area contributed by atoms with E-state index in [0.717, 1.165) is 24.9 Å². The molecule has 0 amide bonds. The van der Waals surface area contributed by atoms with E-state index in [2.05, 4.69) is 17.1 Å². The molecular formula is C12H24N2O. The van der Waals surface area contributed by atoms with Crippen LogP contribution in [0.2, 0.25) is 0 Å². The first-order valence-electron chi connectivity index (χ1n) is 6.40. The van der Waals surface area contributed by atoms with Gasteiger partial charge in [-0.05, 0) is 31.2 Å². The lowest BCUT2D eigenvalue weighted by Gasteiger charge is -2.23. The summed E-state index contributed by atoms with van der Waals surface area (Å²) in [6.07, 6.45) is 4.32. The van der Waals surface area contributed by atoms with E-state index in [1.807, 2.05) is 0 Å². The molecule has 88 valence electrons. The number of fused-ring (bicyclic) bond motifs is 1. The monoisotopic (exact) mass is 212 g/mol. The van der Waals surface area contributed by atoms with E-state index in [0.29, 0.717) is 0 Å². The average Bonchev–Trinajstić information content (AvgIpc) is 2.77. The number of hydrogen-bond donors (Lipinski definition) is 2. The summed E-state index contributed by atoms with van der Waals surface area (Å²) in [4.78, 5) is 2.54. The number of hydrogen-bond acceptors (Lipinski definition) is 3. The number of likely N-dealkylation sites (N-methyl/N-ethyl adjacent to an activating group) is 1. The third-order valence-corrected chi connectivity index (χ3v) is 3.99. The molecule has 2 N–H and O–H groups in total. The van der Waals surface area contributed by atoms with Gasteiger partial charge >= 0.3 is 0 Å².